The van der Waals surface area contributed by atoms with Gasteiger partial charge in [-0.3, -0.25) is 5.41 Å². The first-order valence-electron chi connectivity index (χ1n) is 10.5. The molecule has 3 aromatic rings. The minimum Gasteiger partial charge on any atom is -0.507 e. The molecule has 0 aliphatic heterocycles. The molecule has 11 heteroatoms. The molecule has 3 rings (SSSR count). The Kier molecular flexibility index (Phi) is 7.59. The van der Waals surface area contributed by atoms with Crippen molar-refractivity contribution in [1.82, 2.24) is 9.97 Å². The maximum atomic E-state index is 13.0. The second-order valence-electron chi connectivity index (χ2n) is 7.54. The molecule has 0 atom stereocenters. The molecule has 8 nitrogen and oxygen atoms in total. The first-order chi connectivity index (χ1) is 17.0. The lowest BCUT2D eigenvalue weighted by atomic mass is 10.0. The van der Waals surface area contributed by atoms with Gasteiger partial charge in [0.2, 0.25) is 0 Å². The van der Waals surface area contributed by atoms with Gasteiger partial charge in [0.1, 0.15) is 29.8 Å². The van der Waals surface area contributed by atoms with E-state index < -0.39 is 17.5 Å². The van der Waals surface area contributed by atoms with Gasteiger partial charge in [-0.15, -0.1) is 0 Å². The highest BCUT2D eigenvalue weighted by Crippen LogP contribution is 2.36. The van der Waals surface area contributed by atoms with Gasteiger partial charge in [0.25, 0.3) is 0 Å². The maximum absolute atomic E-state index is 13.0. The van der Waals surface area contributed by atoms with Crippen molar-refractivity contribution in [2.45, 2.75) is 6.18 Å². The third-order valence-corrected chi connectivity index (χ3v) is 5.22. The number of benzene rings is 2. The van der Waals surface area contributed by atoms with Gasteiger partial charge in [-0.2, -0.15) is 18.4 Å². The average molecular weight is 493 g/mol. The van der Waals surface area contributed by atoms with E-state index in [-0.39, 0.29) is 40.6 Å². The third kappa shape index (κ3) is 5.61. The lowest BCUT2D eigenvalue weighted by molar-refractivity contribution is -0.138. The van der Waals surface area contributed by atoms with Crippen molar-refractivity contribution in [1.29, 1.82) is 10.7 Å². The summed E-state index contributed by atoms with van der Waals surface area (Å²) in [6.07, 6.45) is -3.55. The van der Waals surface area contributed by atoms with Gasteiger partial charge in [0, 0.05) is 24.3 Å². The van der Waals surface area contributed by atoms with Gasteiger partial charge < -0.3 is 21.1 Å². The van der Waals surface area contributed by atoms with Gasteiger partial charge in [-0.25, -0.2) is 9.97 Å². The number of aromatic hydroxyl groups is 1. The zero-order valence-corrected chi connectivity index (χ0v) is 19.0. The Morgan fingerprint density at radius 3 is 2.47 bits per heavy atom. The SMILES string of the molecule is C=C(C#N)C(=C)N(CCNc1ncnc(N)c1C(=N)c1ccc(C(F)(F)F)c(O)c1)c1ccccc1. The third-order valence-electron chi connectivity index (χ3n) is 5.22. The highest BCUT2D eigenvalue weighted by Gasteiger charge is 2.34. The predicted octanol–water partition coefficient (Wildman–Crippen LogP) is 4.71. The summed E-state index contributed by atoms with van der Waals surface area (Å²) in [6.45, 7) is 8.24. The highest BCUT2D eigenvalue weighted by molar-refractivity contribution is 6.16. The fraction of sp³-hybridized carbons (Fsp3) is 0.120. The Labute approximate surface area is 205 Å². The van der Waals surface area contributed by atoms with Crippen LogP contribution in [0.4, 0.5) is 30.5 Å². The van der Waals surface area contributed by atoms with Crippen molar-refractivity contribution in [3.63, 3.8) is 0 Å². The number of phenolic OH excluding ortho intramolecular Hbond substituents is 1. The molecular weight excluding hydrogens is 471 g/mol. The smallest absolute Gasteiger partial charge is 0.419 e. The van der Waals surface area contributed by atoms with E-state index >= 15 is 0 Å². The summed E-state index contributed by atoms with van der Waals surface area (Å²) in [6, 6.07) is 13.8. The van der Waals surface area contributed by atoms with Crippen LogP contribution in [0.25, 0.3) is 0 Å². The first-order valence-corrected chi connectivity index (χ1v) is 10.5. The van der Waals surface area contributed by atoms with E-state index in [0.29, 0.717) is 18.3 Å². The van der Waals surface area contributed by atoms with Gasteiger partial charge in [0.15, 0.2) is 0 Å². The molecule has 1 aromatic heterocycles. The minimum absolute atomic E-state index is 0.00495. The second-order valence-corrected chi connectivity index (χ2v) is 7.54. The fourth-order valence-electron chi connectivity index (χ4n) is 3.39. The number of hydrogen-bond donors (Lipinski definition) is 4. The number of nitrogens with two attached hydrogens (primary N) is 1. The zero-order chi connectivity index (χ0) is 26.5. The van der Waals surface area contributed by atoms with Crippen LogP contribution in [0.2, 0.25) is 0 Å². The van der Waals surface area contributed by atoms with Crippen molar-refractivity contribution >= 4 is 23.0 Å². The number of nitrogens with zero attached hydrogens (tertiary/aromatic N) is 4. The summed E-state index contributed by atoms with van der Waals surface area (Å²) in [5.74, 6) is -0.909. The number of halogens is 3. The van der Waals surface area contributed by atoms with E-state index in [1.54, 1.807) is 4.90 Å². The van der Waals surface area contributed by atoms with E-state index in [1.165, 1.54) is 6.33 Å². The number of nitrogen functional groups attached to an aromatic ring is 1. The monoisotopic (exact) mass is 493 g/mol. The van der Waals surface area contributed by atoms with E-state index in [1.807, 2.05) is 36.4 Å². The van der Waals surface area contributed by atoms with Crippen LogP contribution in [-0.4, -0.2) is 33.9 Å². The Balaban J connectivity index is 1.85. The molecule has 2 aromatic carbocycles. The van der Waals surface area contributed by atoms with Crippen LogP contribution in [0, 0.1) is 16.7 Å². The molecule has 0 radical (unpaired) electrons. The predicted molar refractivity (Wildman–Crippen MR) is 132 cm³/mol. The molecule has 0 saturated carbocycles. The molecule has 0 bridgehead atoms. The van der Waals surface area contributed by atoms with Crippen LogP contribution in [0.1, 0.15) is 16.7 Å². The molecular formula is C25H22F3N7O. The maximum Gasteiger partial charge on any atom is 0.419 e. The van der Waals surface area contributed by atoms with Gasteiger partial charge in [0.05, 0.1) is 28.1 Å². The van der Waals surface area contributed by atoms with Crippen LogP contribution >= 0.6 is 0 Å². The van der Waals surface area contributed by atoms with Crippen molar-refractivity contribution in [2.75, 3.05) is 29.0 Å². The molecule has 0 unspecified atom stereocenters. The first kappa shape index (κ1) is 25.8. The normalized spacial score (nSPS) is 10.8. The summed E-state index contributed by atoms with van der Waals surface area (Å²) in [7, 11) is 0. The van der Waals surface area contributed by atoms with Gasteiger partial charge in [-0.1, -0.05) is 37.4 Å². The standard InChI is InChI=1S/C25H22F3N7O/c1-15(13-29)16(2)35(18-6-4-3-5-7-18)11-10-32-24-21(23(31)33-14-34-24)22(30)17-8-9-19(20(36)12-17)25(26,27)28/h3-9,12,14,30,36H,1-2,10-11H2,(H3,31,32,33,34). The summed E-state index contributed by atoms with van der Waals surface area (Å²) < 4.78 is 39.0. The van der Waals surface area contributed by atoms with Crippen LogP contribution < -0.4 is 16.0 Å². The molecule has 0 aliphatic rings. The largest absolute Gasteiger partial charge is 0.507 e. The molecule has 184 valence electrons. The molecule has 0 fully saturated rings. The van der Waals surface area contributed by atoms with Crippen molar-refractivity contribution in [3.05, 3.63) is 96.0 Å². The number of rotatable bonds is 9. The van der Waals surface area contributed by atoms with Crippen molar-refractivity contribution < 1.29 is 18.3 Å². The van der Waals surface area contributed by atoms with E-state index in [9.17, 15) is 23.5 Å². The lowest BCUT2D eigenvalue weighted by Crippen LogP contribution is -2.29. The number of aromatic nitrogens is 2. The number of alkyl halides is 3. The van der Waals surface area contributed by atoms with Crippen molar-refractivity contribution in [3.8, 4) is 11.8 Å². The Hall–Kier alpha value is -4.85. The van der Waals surface area contributed by atoms with E-state index in [2.05, 4.69) is 28.4 Å². The minimum atomic E-state index is -4.74. The topological polar surface area (TPSA) is 135 Å². The van der Waals surface area contributed by atoms with Crippen molar-refractivity contribution in [2.24, 2.45) is 0 Å². The number of hydrogen-bond acceptors (Lipinski definition) is 8. The summed E-state index contributed by atoms with van der Waals surface area (Å²) in [4.78, 5) is 9.80. The zero-order valence-electron chi connectivity index (χ0n) is 19.0. The fourth-order valence-corrected chi connectivity index (χ4v) is 3.39. The van der Waals surface area contributed by atoms with Gasteiger partial charge >= 0.3 is 6.18 Å². The van der Waals surface area contributed by atoms with Crippen LogP contribution in [-0.2, 0) is 6.18 Å². The molecule has 5 N–H and O–H groups in total. The number of anilines is 3. The van der Waals surface area contributed by atoms with Crippen LogP contribution in [0.15, 0.2) is 79.3 Å². The van der Waals surface area contributed by atoms with Crippen LogP contribution in [0.5, 0.6) is 5.75 Å². The lowest BCUT2D eigenvalue weighted by Gasteiger charge is -2.26. The quantitative estimate of drug-likeness (QED) is 0.193. The Morgan fingerprint density at radius 2 is 1.86 bits per heavy atom. The second kappa shape index (κ2) is 10.6. The average Bonchev–Trinajstić information content (AvgIpc) is 2.85. The summed E-state index contributed by atoms with van der Waals surface area (Å²) in [5, 5.41) is 30.7. The molecule has 0 spiro atoms. The number of nitriles is 1. The summed E-state index contributed by atoms with van der Waals surface area (Å²) in [5.41, 5.74) is 5.91. The Bertz CT molecular complexity index is 1350. The molecule has 1 heterocycles. The molecule has 0 aliphatic carbocycles. The molecule has 36 heavy (non-hydrogen) atoms. The van der Waals surface area contributed by atoms with E-state index in [0.717, 1.165) is 17.8 Å². The number of para-hydroxylation sites is 1. The number of nitrogens with one attached hydrogen (secondary N) is 2. The van der Waals surface area contributed by atoms with E-state index in [4.69, 9.17) is 11.1 Å². The summed E-state index contributed by atoms with van der Waals surface area (Å²) >= 11 is 0. The number of allylic oxidation sites excluding steroid dienone is 1. The molecule has 0 saturated heterocycles. The molecule has 0 amide bonds. The highest BCUT2D eigenvalue weighted by atomic mass is 19.4. The Morgan fingerprint density at radius 1 is 1.17 bits per heavy atom. The van der Waals surface area contributed by atoms with Gasteiger partial charge in [-0.05, 0) is 24.3 Å². The number of phenols is 1. The van der Waals surface area contributed by atoms with Crippen LogP contribution in [0.3, 0.4) is 0 Å².